The van der Waals surface area contributed by atoms with Crippen molar-refractivity contribution in [2.75, 3.05) is 18.9 Å². The zero-order valence-corrected chi connectivity index (χ0v) is 11.5. The monoisotopic (exact) mass is 273 g/mol. The van der Waals surface area contributed by atoms with Crippen molar-refractivity contribution in [1.29, 1.82) is 0 Å². The zero-order chi connectivity index (χ0) is 14.4. The van der Waals surface area contributed by atoms with Gasteiger partial charge >= 0.3 is 0 Å². The summed E-state index contributed by atoms with van der Waals surface area (Å²) >= 11 is 0. The van der Waals surface area contributed by atoms with E-state index in [1.54, 1.807) is 30.3 Å². The molecular weight excluding hydrogens is 254 g/mol. The summed E-state index contributed by atoms with van der Waals surface area (Å²) in [4.78, 5) is 0. The molecule has 0 fully saturated rings. The lowest BCUT2D eigenvalue weighted by Gasteiger charge is -2.13. The largest absolute Gasteiger partial charge is 0.494 e. The molecule has 20 heavy (non-hydrogen) atoms. The Kier molecular flexibility index (Phi) is 4.85. The molecule has 106 valence electrons. The third-order valence-corrected chi connectivity index (χ3v) is 2.85. The number of aliphatic hydroxyl groups is 1. The normalized spacial score (nSPS) is 11.9. The van der Waals surface area contributed by atoms with Crippen molar-refractivity contribution in [3.8, 4) is 11.5 Å². The van der Waals surface area contributed by atoms with Gasteiger partial charge in [0.15, 0.2) is 0 Å². The second kappa shape index (κ2) is 6.82. The fourth-order valence-electron chi connectivity index (χ4n) is 1.81. The van der Waals surface area contributed by atoms with Gasteiger partial charge in [0.1, 0.15) is 24.2 Å². The van der Waals surface area contributed by atoms with Crippen molar-refractivity contribution in [2.24, 2.45) is 0 Å². The Morgan fingerprint density at radius 1 is 1.05 bits per heavy atom. The molecule has 2 aromatic rings. The Morgan fingerprint density at radius 3 is 2.35 bits per heavy atom. The maximum atomic E-state index is 10.0. The van der Waals surface area contributed by atoms with Crippen molar-refractivity contribution in [3.63, 3.8) is 0 Å². The van der Waals surface area contributed by atoms with E-state index in [-0.39, 0.29) is 6.61 Å². The molecule has 0 saturated heterocycles. The second-order valence-corrected chi connectivity index (χ2v) is 4.40. The minimum absolute atomic E-state index is 0.180. The average Bonchev–Trinajstić information content (AvgIpc) is 2.46. The first-order valence-corrected chi connectivity index (χ1v) is 6.58. The lowest BCUT2D eigenvalue weighted by Crippen LogP contribution is -2.09. The Bertz CT molecular complexity index is 540. The molecule has 0 aliphatic carbocycles. The number of hydrogen-bond acceptors (Lipinski definition) is 4. The highest BCUT2D eigenvalue weighted by atomic mass is 16.5. The number of anilines is 1. The van der Waals surface area contributed by atoms with Crippen molar-refractivity contribution in [2.45, 2.75) is 13.0 Å². The van der Waals surface area contributed by atoms with Gasteiger partial charge in [0.25, 0.3) is 0 Å². The molecule has 2 aromatic carbocycles. The molecule has 3 N–H and O–H groups in total. The van der Waals surface area contributed by atoms with Gasteiger partial charge in [0.05, 0.1) is 6.61 Å². The maximum Gasteiger partial charge on any atom is 0.123 e. The molecule has 0 aliphatic rings. The molecule has 0 radical (unpaired) electrons. The van der Waals surface area contributed by atoms with E-state index in [0.717, 1.165) is 11.3 Å². The molecule has 4 nitrogen and oxygen atoms in total. The van der Waals surface area contributed by atoms with Gasteiger partial charge in [-0.25, -0.2) is 0 Å². The predicted molar refractivity (Wildman–Crippen MR) is 78.9 cm³/mol. The van der Waals surface area contributed by atoms with Gasteiger partial charge in [-0.3, -0.25) is 0 Å². The summed E-state index contributed by atoms with van der Waals surface area (Å²) in [6, 6.07) is 14.5. The Labute approximate surface area is 118 Å². The quantitative estimate of drug-likeness (QED) is 0.794. The molecule has 0 heterocycles. The Morgan fingerprint density at radius 2 is 1.70 bits per heavy atom. The van der Waals surface area contributed by atoms with Gasteiger partial charge in [-0.15, -0.1) is 0 Å². The van der Waals surface area contributed by atoms with Gasteiger partial charge < -0.3 is 20.3 Å². The number of nitrogen functional groups attached to an aromatic ring is 1. The van der Waals surface area contributed by atoms with Gasteiger partial charge in [0, 0.05) is 11.8 Å². The van der Waals surface area contributed by atoms with Crippen LogP contribution in [0.3, 0.4) is 0 Å². The summed E-state index contributed by atoms with van der Waals surface area (Å²) in [5.74, 6) is 1.43. The molecule has 0 aliphatic heterocycles. The van der Waals surface area contributed by atoms with E-state index in [0.29, 0.717) is 18.0 Å². The summed E-state index contributed by atoms with van der Waals surface area (Å²) in [6.07, 6.45) is -0.689. The topological polar surface area (TPSA) is 64.7 Å². The first kappa shape index (κ1) is 14.2. The first-order chi connectivity index (χ1) is 9.69. The van der Waals surface area contributed by atoms with Crippen LogP contribution in [0.2, 0.25) is 0 Å². The smallest absolute Gasteiger partial charge is 0.123 e. The fourth-order valence-corrected chi connectivity index (χ4v) is 1.81. The number of nitrogens with two attached hydrogens (primary N) is 1. The molecule has 2 rings (SSSR count). The van der Waals surface area contributed by atoms with Gasteiger partial charge in [-0.2, -0.15) is 0 Å². The summed E-state index contributed by atoms with van der Waals surface area (Å²) in [6.45, 7) is 2.72. The highest BCUT2D eigenvalue weighted by Crippen LogP contribution is 2.21. The molecule has 1 unspecified atom stereocenters. The van der Waals surface area contributed by atoms with Crippen molar-refractivity contribution < 1.29 is 14.6 Å². The highest BCUT2D eigenvalue weighted by molar-refractivity contribution is 5.40. The van der Waals surface area contributed by atoms with E-state index in [9.17, 15) is 5.11 Å². The standard InChI is InChI=1S/C16H19NO3/c1-2-19-14-4-3-5-15(10-14)20-11-16(18)12-6-8-13(17)9-7-12/h3-10,16,18H,2,11,17H2,1H3. The van der Waals surface area contributed by atoms with Crippen LogP contribution in [0.15, 0.2) is 48.5 Å². The van der Waals surface area contributed by atoms with Gasteiger partial charge in [-0.1, -0.05) is 18.2 Å². The second-order valence-electron chi connectivity index (χ2n) is 4.40. The van der Waals surface area contributed by atoms with Crippen LogP contribution in [0.1, 0.15) is 18.6 Å². The Hall–Kier alpha value is -2.20. The SMILES string of the molecule is CCOc1cccc(OCC(O)c2ccc(N)cc2)c1. The van der Waals surface area contributed by atoms with Crippen molar-refractivity contribution >= 4 is 5.69 Å². The molecule has 1 atom stereocenters. The maximum absolute atomic E-state index is 10.0. The van der Waals surface area contributed by atoms with Crippen LogP contribution in [0.4, 0.5) is 5.69 Å². The van der Waals surface area contributed by atoms with Gasteiger partial charge in [0.2, 0.25) is 0 Å². The summed E-state index contributed by atoms with van der Waals surface area (Å²) in [5.41, 5.74) is 7.06. The fraction of sp³-hybridized carbons (Fsp3) is 0.250. The molecular formula is C16H19NO3. The molecule has 0 spiro atoms. The lowest BCUT2D eigenvalue weighted by molar-refractivity contribution is 0.108. The number of ether oxygens (including phenoxy) is 2. The molecule has 0 amide bonds. The van der Waals surface area contributed by atoms with Crippen LogP contribution in [0.5, 0.6) is 11.5 Å². The third kappa shape index (κ3) is 3.90. The van der Waals surface area contributed by atoms with Crippen LogP contribution in [0.25, 0.3) is 0 Å². The van der Waals surface area contributed by atoms with Crippen LogP contribution in [0, 0.1) is 0 Å². The Balaban J connectivity index is 1.94. The summed E-state index contributed by atoms with van der Waals surface area (Å²) < 4.78 is 11.0. The minimum atomic E-state index is -0.689. The van der Waals surface area contributed by atoms with E-state index in [1.807, 2.05) is 25.1 Å². The number of rotatable bonds is 6. The van der Waals surface area contributed by atoms with Crippen LogP contribution >= 0.6 is 0 Å². The molecule has 4 heteroatoms. The summed E-state index contributed by atoms with van der Waals surface area (Å²) in [7, 11) is 0. The van der Waals surface area contributed by atoms with E-state index in [2.05, 4.69) is 0 Å². The van der Waals surface area contributed by atoms with E-state index < -0.39 is 6.10 Å². The summed E-state index contributed by atoms with van der Waals surface area (Å²) in [5, 5.41) is 10.0. The van der Waals surface area contributed by atoms with E-state index in [1.165, 1.54) is 0 Å². The van der Waals surface area contributed by atoms with Crippen molar-refractivity contribution in [3.05, 3.63) is 54.1 Å². The van der Waals surface area contributed by atoms with Crippen LogP contribution in [-0.4, -0.2) is 18.3 Å². The third-order valence-electron chi connectivity index (χ3n) is 2.85. The number of aliphatic hydroxyl groups excluding tert-OH is 1. The predicted octanol–water partition coefficient (Wildman–Crippen LogP) is 2.78. The number of hydrogen-bond donors (Lipinski definition) is 2. The van der Waals surface area contributed by atoms with E-state index >= 15 is 0 Å². The molecule has 0 aromatic heterocycles. The first-order valence-electron chi connectivity index (χ1n) is 6.58. The minimum Gasteiger partial charge on any atom is -0.494 e. The average molecular weight is 273 g/mol. The van der Waals surface area contributed by atoms with E-state index in [4.69, 9.17) is 15.2 Å². The number of benzene rings is 2. The van der Waals surface area contributed by atoms with Crippen LogP contribution < -0.4 is 15.2 Å². The van der Waals surface area contributed by atoms with Crippen molar-refractivity contribution in [1.82, 2.24) is 0 Å². The lowest BCUT2D eigenvalue weighted by atomic mass is 10.1. The highest BCUT2D eigenvalue weighted by Gasteiger charge is 2.08. The zero-order valence-electron chi connectivity index (χ0n) is 11.5. The van der Waals surface area contributed by atoms with Crippen LogP contribution in [-0.2, 0) is 0 Å². The molecule has 0 saturated carbocycles. The van der Waals surface area contributed by atoms with Gasteiger partial charge in [-0.05, 0) is 36.8 Å². The molecule has 0 bridgehead atoms.